The topological polar surface area (TPSA) is 29.4 Å². The molecular weight excluding hydrogens is 174 g/mol. The van der Waals surface area contributed by atoms with E-state index < -0.39 is 0 Å². The summed E-state index contributed by atoms with van der Waals surface area (Å²) in [5.74, 6) is 0. The first-order valence-electron chi connectivity index (χ1n) is 4.75. The second-order valence-corrected chi connectivity index (χ2v) is 4.29. The van der Waals surface area contributed by atoms with Gasteiger partial charge in [-0.3, -0.25) is 4.79 Å². The van der Waals surface area contributed by atoms with E-state index in [1.54, 1.807) is 0 Å². The predicted molar refractivity (Wildman–Crippen MR) is 56.7 cm³/mol. The first-order chi connectivity index (χ1) is 6.65. The van der Waals surface area contributed by atoms with Crippen LogP contribution < -0.4 is 0 Å². The van der Waals surface area contributed by atoms with Gasteiger partial charge < -0.3 is 0 Å². The highest BCUT2D eigenvalue weighted by molar-refractivity contribution is 6.08. The number of carbonyl (C=O) groups is 1. The molecule has 1 amide bonds. The lowest BCUT2D eigenvalue weighted by molar-refractivity contribution is -0.106. The lowest BCUT2D eigenvalue weighted by atomic mass is 9.87. The van der Waals surface area contributed by atoms with Gasteiger partial charge in [0.2, 0.25) is 6.41 Å². The Labute approximate surface area is 83.7 Å². The quantitative estimate of drug-likeness (QED) is 0.620. The van der Waals surface area contributed by atoms with Crippen LogP contribution in [0.3, 0.4) is 0 Å². The van der Waals surface area contributed by atoms with E-state index in [4.69, 9.17) is 0 Å². The maximum Gasteiger partial charge on any atom is 0.233 e. The fraction of sp³-hybridized carbons (Fsp3) is 0.333. The maximum absolute atomic E-state index is 10.4. The van der Waals surface area contributed by atoms with Crippen molar-refractivity contribution in [2.75, 3.05) is 0 Å². The summed E-state index contributed by atoms with van der Waals surface area (Å²) in [6.45, 7) is 4.36. The number of aliphatic imine (C=N–C) groups is 1. The van der Waals surface area contributed by atoms with E-state index in [2.05, 4.69) is 24.9 Å². The number of hydrogen-bond acceptors (Lipinski definition) is 1. The van der Waals surface area contributed by atoms with Gasteiger partial charge in [0.05, 0.1) is 5.71 Å². The maximum atomic E-state index is 10.4. The lowest BCUT2D eigenvalue weighted by Crippen LogP contribution is -2.12. The van der Waals surface area contributed by atoms with E-state index in [0.29, 0.717) is 6.41 Å². The Hall–Kier alpha value is -1.44. The summed E-state index contributed by atoms with van der Waals surface area (Å²) in [5.41, 5.74) is 3.45. The zero-order chi connectivity index (χ0) is 10.2. The van der Waals surface area contributed by atoms with Crippen molar-refractivity contribution in [2.24, 2.45) is 4.99 Å². The number of benzene rings is 1. The molecule has 0 saturated heterocycles. The number of hydrogen-bond donors (Lipinski definition) is 0. The van der Waals surface area contributed by atoms with Gasteiger partial charge in [-0.05, 0) is 23.0 Å². The highest BCUT2D eigenvalue weighted by atomic mass is 16.1. The molecule has 72 valence electrons. The van der Waals surface area contributed by atoms with E-state index >= 15 is 0 Å². The second-order valence-electron chi connectivity index (χ2n) is 4.29. The third kappa shape index (κ3) is 1.27. The van der Waals surface area contributed by atoms with E-state index in [9.17, 15) is 4.79 Å². The second kappa shape index (κ2) is 3.05. The molecule has 0 saturated carbocycles. The van der Waals surface area contributed by atoms with Crippen LogP contribution in [-0.2, 0) is 10.2 Å². The van der Waals surface area contributed by atoms with Crippen LogP contribution in [0.5, 0.6) is 0 Å². The molecule has 1 aromatic carbocycles. The number of nitrogens with zero attached hydrogens (tertiary/aromatic N) is 1. The Kier molecular flexibility index (Phi) is 1.99. The van der Waals surface area contributed by atoms with Crippen LogP contribution in [0.15, 0.2) is 29.3 Å². The molecule has 2 heteroatoms. The Balaban J connectivity index is 2.60. The zero-order valence-corrected chi connectivity index (χ0v) is 8.45. The van der Waals surface area contributed by atoms with Crippen LogP contribution in [-0.4, -0.2) is 12.1 Å². The highest BCUT2D eigenvalue weighted by Gasteiger charge is 2.33. The molecule has 0 fully saturated rings. The van der Waals surface area contributed by atoms with E-state index in [0.717, 1.165) is 17.7 Å². The van der Waals surface area contributed by atoms with Crippen molar-refractivity contribution in [1.29, 1.82) is 0 Å². The average molecular weight is 187 g/mol. The molecule has 0 bridgehead atoms. The molecule has 0 radical (unpaired) electrons. The Morgan fingerprint density at radius 1 is 1.36 bits per heavy atom. The molecule has 0 aromatic heterocycles. The normalized spacial score (nSPS) is 20.9. The van der Waals surface area contributed by atoms with Crippen LogP contribution in [0.1, 0.15) is 31.4 Å². The Morgan fingerprint density at radius 3 is 2.79 bits per heavy atom. The Bertz CT molecular complexity index is 405. The van der Waals surface area contributed by atoms with Gasteiger partial charge in [0.1, 0.15) is 0 Å². The average Bonchev–Trinajstić information content (AvgIpc) is 2.41. The van der Waals surface area contributed by atoms with E-state index in [1.165, 1.54) is 5.56 Å². The molecule has 0 spiro atoms. The molecule has 1 aliphatic carbocycles. The summed E-state index contributed by atoms with van der Waals surface area (Å²) in [7, 11) is 0. The molecule has 0 aliphatic heterocycles. The molecule has 2 nitrogen and oxygen atoms in total. The molecule has 14 heavy (non-hydrogen) atoms. The van der Waals surface area contributed by atoms with Crippen molar-refractivity contribution in [3.8, 4) is 0 Å². The van der Waals surface area contributed by atoms with E-state index in [-0.39, 0.29) is 5.41 Å². The molecule has 1 aromatic rings. The molecular formula is C12H13NO. The SMILES string of the molecule is CC1(C)CC(=NC=O)c2ccccc21. The first kappa shape index (κ1) is 9.13. The van der Waals surface area contributed by atoms with Crippen molar-refractivity contribution in [1.82, 2.24) is 0 Å². The van der Waals surface area contributed by atoms with Crippen molar-refractivity contribution in [3.63, 3.8) is 0 Å². The molecule has 0 atom stereocenters. The van der Waals surface area contributed by atoms with Crippen LogP contribution in [0.25, 0.3) is 0 Å². The number of carbonyl (C=O) groups excluding carboxylic acids is 1. The monoisotopic (exact) mass is 187 g/mol. The number of amides is 1. The Morgan fingerprint density at radius 2 is 2.07 bits per heavy atom. The van der Waals surface area contributed by atoms with Gasteiger partial charge >= 0.3 is 0 Å². The van der Waals surface area contributed by atoms with Gasteiger partial charge in [-0.1, -0.05) is 38.1 Å². The van der Waals surface area contributed by atoms with Gasteiger partial charge in [0, 0.05) is 0 Å². The third-order valence-corrected chi connectivity index (χ3v) is 2.79. The van der Waals surface area contributed by atoms with Crippen molar-refractivity contribution in [3.05, 3.63) is 35.4 Å². The predicted octanol–water partition coefficient (Wildman–Crippen LogP) is 2.31. The number of fused-ring (bicyclic) bond motifs is 1. The van der Waals surface area contributed by atoms with Crippen molar-refractivity contribution in [2.45, 2.75) is 25.7 Å². The largest absolute Gasteiger partial charge is 0.276 e. The minimum absolute atomic E-state index is 0.110. The summed E-state index contributed by atoms with van der Waals surface area (Å²) in [4.78, 5) is 14.3. The van der Waals surface area contributed by atoms with Crippen molar-refractivity contribution < 1.29 is 4.79 Å². The van der Waals surface area contributed by atoms with Gasteiger partial charge in [-0.2, -0.15) is 0 Å². The minimum Gasteiger partial charge on any atom is -0.276 e. The standard InChI is InChI=1S/C12H13NO/c1-12(2)7-11(13-8-14)9-5-3-4-6-10(9)12/h3-6,8H,7H2,1-2H3. The fourth-order valence-electron chi connectivity index (χ4n) is 2.11. The molecule has 0 N–H and O–H groups in total. The zero-order valence-electron chi connectivity index (χ0n) is 8.45. The number of rotatable bonds is 1. The minimum atomic E-state index is 0.110. The van der Waals surface area contributed by atoms with Crippen LogP contribution in [0, 0.1) is 0 Å². The van der Waals surface area contributed by atoms with Gasteiger partial charge in [-0.15, -0.1) is 0 Å². The smallest absolute Gasteiger partial charge is 0.233 e. The van der Waals surface area contributed by atoms with Gasteiger partial charge in [0.15, 0.2) is 0 Å². The summed E-state index contributed by atoms with van der Waals surface area (Å²) in [5, 5.41) is 0. The molecule has 0 heterocycles. The summed E-state index contributed by atoms with van der Waals surface area (Å²) < 4.78 is 0. The third-order valence-electron chi connectivity index (χ3n) is 2.79. The molecule has 1 aliphatic rings. The van der Waals surface area contributed by atoms with Gasteiger partial charge in [-0.25, -0.2) is 4.99 Å². The van der Waals surface area contributed by atoms with E-state index in [1.807, 2.05) is 18.2 Å². The van der Waals surface area contributed by atoms with Crippen LogP contribution in [0.4, 0.5) is 0 Å². The van der Waals surface area contributed by atoms with Gasteiger partial charge in [0.25, 0.3) is 0 Å². The van der Waals surface area contributed by atoms with Crippen LogP contribution >= 0.6 is 0 Å². The summed E-state index contributed by atoms with van der Waals surface area (Å²) in [6, 6.07) is 8.17. The summed E-state index contributed by atoms with van der Waals surface area (Å²) in [6.07, 6.45) is 1.48. The first-order valence-corrected chi connectivity index (χ1v) is 4.75. The summed E-state index contributed by atoms with van der Waals surface area (Å²) >= 11 is 0. The lowest BCUT2D eigenvalue weighted by Gasteiger charge is -2.17. The fourth-order valence-corrected chi connectivity index (χ4v) is 2.11. The highest BCUT2D eigenvalue weighted by Crippen LogP contribution is 2.38. The molecule has 2 rings (SSSR count). The van der Waals surface area contributed by atoms with Crippen LogP contribution in [0.2, 0.25) is 0 Å². The van der Waals surface area contributed by atoms with Crippen molar-refractivity contribution >= 4 is 12.1 Å². The molecule has 0 unspecified atom stereocenters.